The highest BCUT2D eigenvalue weighted by molar-refractivity contribution is 5.68. The highest BCUT2D eigenvalue weighted by atomic mass is 16.5. The summed E-state index contributed by atoms with van der Waals surface area (Å²) < 4.78 is 4.60. The molecule has 0 aliphatic heterocycles. The van der Waals surface area contributed by atoms with E-state index in [0.717, 1.165) is 0 Å². The number of rotatable bonds is 3. The number of aliphatic imine (C=N–C) groups is 2. The highest BCUT2D eigenvalue weighted by Crippen LogP contribution is 2.35. The normalized spacial score (nSPS) is 8.25. The Balaban J connectivity index is 3.44. The molecule has 0 spiro atoms. The lowest BCUT2D eigenvalue weighted by Gasteiger charge is -2.04. The van der Waals surface area contributed by atoms with Gasteiger partial charge in [-0.3, -0.25) is 0 Å². The first-order chi connectivity index (χ1) is 7.72. The average molecular weight is 215 g/mol. The molecule has 6 heteroatoms. The fraction of sp³-hybridized carbons (Fsp3) is 0.100. The zero-order valence-electron chi connectivity index (χ0n) is 8.22. The maximum Gasteiger partial charge on any atom is 0.292 e. The predicted octanol–water partition coefficient (Wildman–Crippen LogP) is 1.79. The fourth-order valence-corrected chi connectivity index (χ4v) is 1.16. The van der Waals surface area contributed by atoms with Gasteiger partial charge < -0.3 is 4.74 Å². The van der Waals surface area contributed by atoms with Gasteiger partial charge in [0, 0.05) is 6.07 Å². The molecular weight excluding hydrogens is 210 g/mol. The SMILES string of the molecule is Cc1cc(N=C=O)cc(OC#N)c1N=C=O. The van der Waals surface area contributed by atoms with Crippen LogP contribution in [0.15, 0.2) is 22.1 Å². The Labute approximate surface area is 90.5 Å². The maximum atomic E-state index is 10.2. The second-order valence-corrected chi connectivity index (χ2v) is 2.71. The molecule has 0 amide bonds. The Kier molecular flexibility index (Phi) is 3.71. The molecule has 16 heavy (non-hydrogen) atoms. The van der Waals surface area contributed by atoms with Crippen molar-refractivity contribution in [2.45, 2.75) is 6.92 Å². The monoisotopic (exact) mass is 215 g/mol. The molecule has 0 aliphatic rings. The van der Waals surface area contributed by atoms with Gasteiger partial charge in [-0.25, -0.2) is 9.59 Å². The van der Waals surface area contributed by atoms with E-state index in [0.29, 0.717) is 5.56 Å². The third-order valence-corrected chi connectivity index (χ3v) is 1.74. The molecule has 1 rings (SSSR count). The lowest BCUT2D eigenvalue weighted by molar-refractivity contribution is 0.508. The van der Waals surface area contributed by atoms with E-state index in [2.05, 4.69) is 14.7 Å². The van der Waals surface area contributed by atoms with E-state index >= 15 is 0 Å². The first kappa shape index (κ1) is 11.3. The quantitative estimate of drug-likeness (QED) is 0.436. The first-order valence-electron chi connectivity index (χ1n) is 4.09. The van der Waals surface area contributed by atoms with E-state index in [4.69, 9.17) is 5.26 Å². The van der Waals surface area contributed by atoms with Gasteiger partial charge in [0.25, 0.3) is 6.26 Å². The summed E-state index contributed by atoms with van der Waals surface area (Å²) >= 11 is 0. The number of nitrogens with zero attached hydrogens (tertiary/aromatic N) is 3. The summed E-state index contributed by atoms with van der Waals surface area (Å²) in [5.41, 5.74) is 0.981. The summed E-state index contributed by atoms with van der Waals surface area (Å²) in [6, 6.07) is 2.81. The van der Waals surface area contributed by atoms with Crippen LogP contribution in [-0.2, 0) is 9.59 Å². The Hall–Kier alpha value is -2.73. The molecule has 0 saturated carbocycles. The molecule has 0 aromatic heterocycles. The van der Waals surface area contributed by atoms with Crippen LogP contribution in [0.2, 0.25) is 0 Å². The molecule has 1 aromatic rings. The second kappa shape index (κ2) is 5.23. The molecule has 1 aromatic carbocycles. The van der Waals surface area contributed by atoms with Crippen LogP contribution in [0.4, 0.5) is 11.4 Å². The Morgan fingerprint density at radius 1 is 1.25 bits per heavy atom. The molecule has 0 saturated heterocycles. The van der Waals surface area contributed by atoms with Crippen LogP contribution in [0.5, 0.6) is 5.75 Å². The molecule has 6 nitrogen and oxygen atoms in total. The van der Waals surface area contributed by atoms with Gasteiger partial charge in [-0.15, -0.1) is 5.26 Å². The molecule has 78 valence electrons. The number of hydrogen-bond acceptors (Lipinski definition) is 6. The van der Waals surface area contributed by atoms with Crippen molar-refractivity contribution in [3.63, 3.8) is 0 Å². The van der Waals surface area contributed by atoms with Crippen LogP contribution in [0.3, 0.4) is 0 Å². The summed E-state index contributed by atoms with van der Waals surface area (Å²) in [7, 11) is 0. The lowest BCUT2D eigenvalue weighted by atomic mass is 10.1. The molecule has 0 fully saturated rings. The molecule has 0 N–H and O–H groups in total. The van der Waals surface area contributed by atoms with Gasteiger partial charge in [0.2, 0.25) is 12.2 Å². The predicted molar refractivity (Wildman–Crippen MR) is 53.0 cm³/mol. The fourth-order valence-electron chi connectivity index (χ4n) is 1.16. The van der Waals surface area contributed by atoms with Crippen molar-refractivity contribution in [2.24, 2.45) is 9.98 Å². The molecule has 0 atom stereocenters. The molecule has 0 unspecified atom stereocenters. The summed E-state index contributed by atoms with van der Waals surface area (Å²) in [5.74, 6) is 0.0415. The largest absolute Gasteiger partial charge is 0.386 e. The minimum absolute atomic E-state index is 0.0415. The first-order valence-corrected chi connectivity index (χ1v) is 4.09. The van der Waals surface area contributed by atoms with Crippen molar-refractivity contribution < 1.29 is 14.3 Å². The number of hydrogen-bond donors (Lipinski definition) is 0. The lowest BCUT2D eigenvalue weighted by Crippen LogP contribution is -1.85. The van der Waals surface area contributed by atoms with E-state index in [9.17, 15) is 9.59 Å². The maximum absolute atomic E-state index is 10.2. The van der Waals surface area contributed by atoms with Crippen LogP contribution >= 0.6 is 0 Å². The van der Waals surface area contributed by atoms with Crippen LogP contribution in [0.25, 0.3) is 0 Å². The molecule has 0 radical (unpaired) electrons. The zero-order valence-corrected chi connectivity index (χ0v) is 8.22. The number of nitriles is 1. The third kappa shape index (κ3) is 2.40. The van der Waals surface area contributed by atoms with E-state index in [1.54, 1.807) is 6.92 Å². The van der Waals surface area contributed by atoms with Crippen LogP contribution < -0.4 is 4.74 Å². The highest BCUT2D eigenvalue weighted by Gasteiger charge is 2.09. The summed E-state index contributed by atoms with van der Waals surface area (Å²) in [6.45, 7) is 1.63. The standard InChI is InChI=1S/C10H5N3O3/c1-7-2-8(12-5-14)3-9(16-4-11)10(7)13-6-15/h2-3H,1H3. The minimum Gasteiger partial charge on any atom is -0.386 e. The van der Waals surface area contributed by atoms with Crippen LogP contribution in [0, 0.1) is 18.4 Å². The van der Waals surface area contributed by atoms with E-state index < -0.39 is 0 Å². The number of aryl methyl sites for hydroxylation is 1. The van der Waals surface area contributed by atoms with E-state index in [1.165, 1.54) is 30.5 Å². The van der Waals surface area contributed by atoms with Gasteiger partial charge in [-0.05, 0) is 18.6 Å². The summed E-state index contributed by atoms with van der Waals surface area (Å²) in [5, 5.41) is 8.40. The van der Waals surface area contributed by atoms with Gasteiger partial charge in [-0.1, -0.05) is 0 Å². The Bertz CT molecular complexity index is 547. The molecule has 0 aliphatic carbocycles. The minimum atomic E-state index is 0.0415. The third-order valence-electron chi connectivity index (χ3n) is 1.74. The molecule has 0 bridgehead atoms. The number of carbonyl (C=O) groups excluding carboxylic acids is 2. The van der Waals surface area contributed by atoms with Crippen molar-refractivity contribution >= 4 is 23.5 Å². The van der Waals surface area contributed by atoms with Crippen LogP contribution in [-0.4, -0.2) is 12.2 Å². The number of isocyanates is 2. The topological polar surface area (TPSA) is 91.9 Å². The molecular formula is C10H5N3O3. The second-order valence-electron chi connectivity index (χ2n) is 2.71. The summed E-state index contributed by atoms with van der Waals surface area (Å²) in [6.07, 6.45) is 4.16. The van der Waals surface area contributed by atoms with Crippen molar-refractivity contribution in [3.8, 4) is 12.0 Å². The number of ether oxygens (including phenoxy) is 1. The zero-order chi connectivity index (χ0) is 12.0. The Morgan fingerprint density at radius 3 is 2.50 bits per heavy atom. The smallest absolute Gasteiger partial charge is 0.292 e. The van der Waals surface area contributed by atoms with Gasteiger partial charge >= 0.3 is 0 Å². The van der Waals surface area contributed by atoms with Crippen molar-refractivity contribution in [3.05, 3.63) is 17.7 Å². The van der Waals surface area contributed by atoms with E-state index in [1.807, 2.05) is 0 Å². The van der Waals surface area contributed by atoms with Crippen molar-refractivity contribution in [2.75, 3.05) is 0 Å². The molecule has 0 heterocycles. The number of benzene rings is 1. The average Bonchev–Trinajstić information content (AvgIpc) is 2.24. The van der Waals surface area contributed by atoms with Gasteiger partial charge in [-0.2, -0.15) is 9.98 Å². The van der Waals surface area contributed by atoms with E-state index in [-0.39, 0.29) is 17.1 Å². The Morgan fingerprint density at radius 2 is 1.94 bits per heavy atom. The van der Waals surface area contributed by atoms with Gasteiger partial charge in [0.15, 0.2) is 5.75 Å². The van der Waals surface area contributed by atoms with Crippen molar-refractivity contribution in [1.82, 2.24) is 0 Å². The van der Waals surface area contributed by atoms with Crippen molar-refractivity contribution in [1.29, 1.82) is 5.26 Å². The van der Waals surface area contributed by atoms with Crippen LogP contribution in [0.1, 0.15) is 5.56 Å². The van der Waals surface area contributed by atoms with Gasteiger partial charge in [0.1, 0.15) is 5.69 Å². The van der Waals surface area contributed by atoms with Gasteiger partial charge in [0.05, 0.1) is 5.69 Å². The summed E-state index contributed by atoms with van der Waals surface area (Å²) in [4.78, 5) is 27.0.